The van der Waals surface area contributed by atoms with Gasteiger partial charge in [-0.05, 0) is 44.9 Å². The first-order valence-corrected chi connectivity index (χ1v) is 23.9. The van der Waals surface area contributed by atoms with Crippen molar-refractivity contribution in [1.82, 2.24) is 5.32 Å². The molecule has 0 aromatic carbocycles. The number of unbranched alkanes of at least 4 members (excludes halogenated alkanes) is 31. The van der Waals surface area contributed by atoms with E-state index in [0.717, 1.165) is 70.6 Å². The third-order valence-corrected chi connectivity index (χ3v) is 11.1. The molecule has 0 aromatic rings. The number of aliphatic hydroxyl groups is 2. The molecule has 0 bridgehead atoms. The van der Waals surface area contributed by atoms with Crippen molar-refractivity contribution in [3.05, 3.63) is 12.2 Å². The van der Waals surface area contributed by atoms with Crippen LogP contribution in [0.1, 0.15) is 258 Å². The Morgan fingerprint density at radius 2 is 0.889 bits per heavy atom. The lowest BCUT2D eigenvalue weighted by Gasteiger charge is -2.22. The molecule has 320 valence electrons. The zero-order chi connectivity index (χ0) is 39.4. The number of rotatable bonds is 44. The van der Waals surface area contributed by atoms with Crippen LogP contribution in [-0.4, -0.2) is 47.4 Å². The minimum atomic E-state index is -0.693. The highest BCUT2D eigenvalue weighted by Gasteiger charge is 2.20. The summed E-state index contributed by atoms with van der Waals surface area (Å²) in [4.78, 5) is 24.4. The van der Waals surface area contributed by atoms with Crippen molar-refractivity contribution in [3.63, 3.8) is 0 Å². The second kappa shape index (κ2) is 44.3. The SMILES string of the molecule is CCCCCCCCCCCCCCCCC(=O)OCCCCCC/C=C\CCCC(=O)NC(CO)C(O)CCCCCCCCCCCCCCCC. The molecule has 0 rings (SSSR count). The topological polar surface area (TPSA) is 95.9 Å². The second-order valence-corrected chi connectivity index (χ2v) is 16.4. The fourth-order valence-corrected chi connectivity index (χ4v) is 7.35. The summed E-state index contributed by atoms with van der Waals surface area (Å²) in [5, 5.41) is 23.1. The number of allylic oxidation sites excluding steroid dienone is 2. The lowest BCUT2D eigenvalue weighted by atomic mass is 10.0. The van der Waals surface area contributed by atoms with Crippen LogP contribution in [0.15, 0.2) is 12.2 Å². The molecule has 0 radical (unpaired) electrons. The Kier molecular flexibility index (Phi) is 43.2. The normalized spacial score (nSPS) is 12.7. The number of hydrogen-bond donors (Lipinski definition) is 3. The number of aliphatic hydroxyl groups excluding tert-OH is 2. The quantitative estimate of drug-likeness (QED) is 0.0326. The van der Waals surface area contributed by atoms with Gasteiger partial charge in [0.25, 0.3) is 0 Å². The van der Waals surface area contributed by atoms with E-state index in [1.54, 1.807) is 0 Å². The van der Waals surface area contributed by atoms with E-state index in [-0.39, 0.29) is 18.5 Å². The standard InChI is InChI=1S/C48H93NO5/c1-3-5-7-9-11-13-15-17-19-21-24-28-32-36-40-46(51)45(44-50)49-47(52)41-37-33-29-25-23-27-31-35-39-43-54-48(53)42-38-34-30-26-22-20-18-16-14-12-10-8-6-4-2/h25,29,45-46,50-51H,3-24,26-28,30-44H2,1-2H3,(H,49,52)/b29-25-. The molecule has 1 amide bonds. The summed E-state index contributed by atoms with van der Waals surface area (Å²) < 4.78 is 5.43. The molecule has 0 spiro atoms. The molecular formula is C48H93NO5. The molecule has 54 heavy (non-hydrogen) atoms. The number of ether oxygens (including phenoxy) is 1. The Morgan fingerprint density at radius 1 is 0.500 bits per heavy atom. The van der Waals surface area contributed by atoms with Gasteiger partial charge >= 0.3 is 5.97 Å². The first-order chi connectivity index (χ1) is 26.5. The minimum Gasteiger partial charge on any atom is -0.466 e. The lowest BCUT2D eigenvalue weighted by molar-refractivity contribution is -0.143. The highest BCUT2D eigenvalue weighted by atomic mass is 16.5. The smallest absolute Gasteiger partial charge is 0.305 e. The van der Waals surface area contributed by atoms with Crippen molar-refractivity contribution >= 4 is 11.9 Å². The molecule has 6 heteroatoms. The number of esters is 1. The lowest BCUT2D eigenvalue weighted by Crippen LogP contribution is -2.45. The van der Waals surface area contributed by atoms with E-state index >= 15 is 0 Å². The van der Waals surface area contributed by atoms with E-state index in [9.17, 15) is 19.8 Å². The van der Waals surface area contributed by atoms with Crippen molar-refractivity contribution in [2.75, 3.05) is 13.2 Å². The molecule has 0 saturated heterocycles. The van der Waals surface area contributed by atoms with Crippen LogP contribution < -0.4 is 5.32 Å². The van der Waals surface area contributed by atoms with Crippen LogP contribution >= 0.6 is 0 Å². The van der Waals surface area contributed by atoms with Crippen LogP contribution in [-0.2, 0) is 14.3 Å². The predicted octanol–water partition coefficient (Wildman–Crippen LogP) is 13.8. The van der Waals surface area contributed by atoms with Gasteiger partial charge in [0.05, 0.1) is 25.4 Å². The molecule has 0 saturated carbocycles. The van der Waals surface area contributed by atoms with Gasteiger partial charge in [0.15, 0.2) is 0 Å². The van der Waals surface area contributed by atoms with E-state index in [0.29, 0.717) is 25.9 Å². The summed E-state index contributed by atoms with van der Waals surface area (Å²) in [5.74, 6) is -0.128. The Hall–Kier alpha value is -1.40. The number of carbonyl (C=O) groups is 2. The largest absolute Gasteiger partial charge is 0.466 e. The van der Waals surface area contributed by atoms with Crippen molar-refractivity contribution in [1.29, 1.82) is 0 Å². The van der Waals surface area contributed by atoms with Gasteiger partial charge in [-0.15, -0.1) is 0 Å². The number of nitrogens with one attached hydrogen (secondary N) is 1. The van der Waals surface area contributed by atoms with Gasteiger partial charge in [-0.25, -0.2) is 0 Å². The molecule has 2 atom stereocenters. The van der Waals surface area contributed by atoms with Gasteiger partial charge in [-0.3, -0.25) is 9.59 Å². The van der Waals surface area contributed by atoms with Crippen molar-refractivity contribution in [3.8, 4) is 0 Å². The van der Waals surface area contributed by atoms with E-state index in [2.05, 4.69) is 31.3 Å². The zero-order valence-corrected chi connectivity index (χ0v) is 36.2. The minimum absolute atomic E-state index is 0.0335. The average Bonchev–Trinajstić information content (AvgIpc) is 3.17. The fraction of sp³-hybridized carbons (Fsp3) is 0.917. The van der Waals surface area contributed by atoms with Gasteiger partial charge < -0.3 is 20.3 Å². The molecular weight excluding hydrogens is 671 g/mol. The van der Waals surface area contributed by atoms with Crippen LogP contribution in [0.25, 0.3) is 0 Å². The number of hydrogen-bond acceptors (Lipinski definition) is 5. The summed E-state index contributed by atoms with van der Waals surface area (Å²) >= 11 is 0. The number of carbonyl (C=O) groups excluding carboxylic acids is 2. The molecule has 0 aromatic heterocycles. The average molecular weight is 764 g/mol. The highest BCUT2D eigenvalue weighted by molar-refractivity contribution is 5.76. The predicted molar refractivity (Wildman–Crippen MR) is 232 cm³/mol. The number of amides is 1. The van der Waals surface area contributed by atoms with Gasteiger partial charge in [-0.2, -0.15) is 0 Å². The third kappa shape index (κ3) is 40.3. The van der Waals surface area contributed by atoms with Crippen molar-refractivity contribution < 1.29 is 24.5 Å². The monoisotopic (exact) mass is 764 g/mol. The zero-order valence-electron chi connectivity index (χ0n) is 36.2. The van der Waals surface area contributed by atoms with Gasteiger partial charge in [0.2, 0.25) is 5.91 Å². The first-order valence-electron chi connectivity index (χ1n) is 23.9. The van der Waals surface area contributed by atoms with Crippen LogP contribution in [0.3, 0.4) is 0 Å². The first kappa shape index (κ1) is 52.6. The molecule has 0 aliphatic rings. The van der Waals surface area contributed by atoms with Crippen molar-refractivity contribution in [2.24, 2.45) is 0 Å². The molecule has 0 aliphatic heterocycles. The van der Waals surface area contributed by atoms with Crippen molar-refractivity contribution in [2.45, 2.75) is 270 Å². The summed E-state index contributed by atoms with van der Waals surface area (Å²) in [6.45, 7) is 4.86. The van der Waals surface area contributed by atoms with Gasteiger partial charge in [-0.1, -0.05) is 212 Å². The Balaban J connectivity index is 3.54. The van der Waals surface area contributed by atoms with Crippen LogP contribution in [0.2, 0.25) is 0 Å². The van der Waals surface area contributed by atoms with E-state index in [4.69, 9.17) is 4.74 Å². The van der Waals surface area contributed by atoms with Gasteiger partial charge in [0, 0.05) is 12.8 Å². The van der Waals surface area contributed by atoms with E-state index < -0.39 is 12.1 Å². The van der Waals surface area contributed by atoms with Crippen LogP contribution in [0.5, 0.6) is 0 Å². The summed E-state index contributed by atoms with van der Waals surface area (Å²) in [6.07, 6.45) is 48.9. The van der Waals surface area contributed by atoms with E-state index in [1.165, 1.54) is 154 Å². The molecule has 0 heterocycles. The second-order valence-electron chi connectivity index (χ2n) is 16.4. The third-order valence-electron chi connectivity index (χ3n) is 11.1. The Labute approximate surface area is 336 Å². The van der Waals surface area contributed by atoms with Gasteiger partial charge in [0.1, 0.15) is 0 Å². The Morgan fingerprint density at radius 3 is 1.35 bits per heavy atom. The van der Waals surface area contributed by atoms with E-state index in [1.807, 2.05) is 0 Å². The maximum atomic E-state index is 12.4. The fourth-order valence-electron chi connectivity index (χ4n) is 7.35. The molecule has 3 N–H and O–H groups in total. The summed E-state index contributed by atoms with van der Waals surface area (Å²) in [5.41, 5.74) is 0. The highest BCUT2D eigenvalue weighted by Crippen LogP contribution is 2.16. The Bertz CT molecular complexity index is 802. The molecule has 0 aliphatic carbocycles. The molecule has 2 unspecified atom stereocenters. The van der Waals surface area contributed by atoms with Crippen LogP contribution in [0, 0.1) is 0 Å². The molecule has 0 fully saturated rings. The maximum absolute atomic E-state index is 12.4. The summed E-state index contributed by atoms with van der Waals surface area (Å²) in [6, 6.07) is -0.576. The maximum Gasteiger partial charge on any atom is 0.305 e. The summed E-state index contributed by atoms with van der Waals surface area (Å²) in [7, 11) is 0. The van der Waals surface area contributed by atoms with Crippen LogP contribution in [0.4, 0.5) is 0 Å². The molecule has 6 nitrogen and oxygen atoms in total.